The third-order valence-electron chi connectivity index (χ3n) is 5.96. The number of nitrogens with zero attached hydrogens (tertiary/aromatic N) is 3. The highest BCUT2D eigenvalue weighted by molar-refractivity contribution is 6.33. The second-order valence-electron chi connectivity index (χ2n) is 7.92. The van der Waals surface area contributed by atoms with Crippen molar-refractivity contribution < 1.29 is 4.74 Å². The Morgan fingerprint density at radius 3 is 3.00 bits per heavy atom. The van der Waals surface area contributed by atoms with Crippen molar-refractivity contribution in [3.8, 4) is 16.9 Å². The minimum absolute atomic E-state index is 0.385. The van der Waals surface area contributed by atoms with E-state index < -0.39 is 0 Å². The average Bonchev–Trinajstić information content (AvgIpc) is 3.22. The van der Waals surface area contributed by atoms with E-state index in [1.807, 2.05) is 24.4 Å². The lowest BCUT2D eigenvalue weighted by molar-refractivity contribution is 0.198. The van der Waals surface area contributed by atoms with Crippen molar-refractivity contribution in [1.82, 2.24) is 14.9 Å². The number of piperidine rings is 1. The molecular weight excluding hydrogens is 382 g/mol. The van der Waals surface area contributed by atoms with E-state index in [1.165, 1.54) is 17.5 Å². The molecule has 1 aromatic heterocycles. The predicted molar refractivity (Wildman–Crippen MR) is 115 cm³/mol. The molecule has 2 aliphatic heterocycles. The molecule has 0 N–H and O–H groups in total. The highest BCUT2D eigenvalue weighted by Gasteiger charge is 2.26. The van der Waals surface area contributed by atoms with Crippen LogP contribution in [0, 0.1) is 0 Å². The Labute approximate surface area is 176 Å². The lowest BCUT2D eigenvalue weighted by Crippen LogP contribution is -2.34. The van der Waals surface area contributed by atoms with Gasteiger partial charge in [-0.15, -0.1) is 0 Å². The number of ether oxygens (including phenoxy) is 1. The van der Waals surface area contributed by atoms with Crippen molar-refractivity contribution in [3.63, 3.8) is 0 Å². The Bertz CT molecular complexity index is 1020. The summed E-state index contributed by atoms with van der Waals surface area (Å²) in [6, 6.07) is 14.6. The molecule has 3 aromatic rings. The van der Waals surface area contributed by atoms with Crippen LogP contribution >= 0.6 is 11.6 Å². The van der Waals surface area contributed by atoms with Crippen LogP contribution < -0.4 is 4.74 Å². The molecule has 29 heavy (non-hydrogen) atoms. The fraction of sp³-hybridized carbons (Fsp3) is 0.333. The van der Waals surface area contributed by atoms with E-state index in [0.717, 1.165) is 66.7 Å². The summed E-state index contributed by atoms with van der Waals surface area (Å²) in [5, 5.41) is 0.747. The summed E-state index contributed by atoms with van der Waals surface area (Å²) >= 11 is 6.48. The SMILES string of the molecule is Clc1ccccc1-c1cncnc1[C@@H]1CCCN(Cc2ccc3c(c2)CCO3)C1. The summed E-state index contributed by atoms with van der Waals surface area (Å²) in [5.74, 6) is 1.44. The van der Waals surface area contributed by atoms with Gasteiger partial charge in [0.15, 0.2) is 0 Å². The van der Waals surface area contributed by atoms with Crippen LogP contribution in [0.25, 0.3) is 11.1 Å². The van der Waals surface area contributed by atoms with Gasteiger partial charge in [0.25, 0.3) is 0 Å². The molecule has 1 saturated heterocycles. The van der Waals surface area contributed by atoms with Gasteiger partial charge in [0.2, 0.25) is 0 Å². The minimum atomic E-state index is 0.385. The zero-order valence-electron chi connectivity index (χ0n) is 16.4. The summed E-state index contributed by atoms with van der Waals surface area (Å²) in [6.07, 6.45) is 6.90. The van der Waals surface area contributed by atoms with Crippen LogP contribution in [0.2, 0.25) is 5.02 Å². The standard InChI is InChI=1S/C24H24ClN3O/c25-22-6-2-1-5-20(22)21-13-26-16-27-24(21)19-4-3-10-28(15-19)14-17-7-8-23-18(12-17)9-11-29-23/h1-2,5-8,12-13,16,19H,3-4,9-11,14-15H2/t19-/m1/s1. The summed E-state index contributed by atoms with van der Waals surface area (Å²) in [5.41, 5.74) is 5.89. The molecule has 0 spiro atoms. The van der Waals surface area contributed by atoms with Crippen LogP contribution in [0.4, 0.5) is 0 Å². The quantitative estimate of drug-likeness (QED) is 0.604. The van der Waals surface area contributed by atoms with Gasteiger partial charge in [-0.05, 0) is 42.6 Å². The fourth-order valence-corrected chi connectivity index (χ4v) is 4.81. The molecule has 1 fully saturated rings. The molecule has 0 amide bonds. The van der Waals surface area contributed by atoms with E-state index >= 15 is 0 Å². The molecule has 0 unspecified atom stereocenters. The maximum Gasteiger partial charge on any atom is 0.122 e. The molecule has 3 heterocycles. The van der Waals surface area contributed by atoms with Gasteiger partial charge >= 0.3 is 0 Å². The van der Waals surface area contributed by atoms with Crippen molar-refractivity contribution in [3.05, 3.63) is 76.8 Å². The fourth-order valence-electron chi connectivity index (χ4n) is 4.57. The predicted octanol–water partition coefficient (Wildman–Crippen LogP) is 5.11. The second kappa shape index (κ2) is 8.13. The van der Waals surface area contributed by atoms with Gasteiger partial charge in [0.1, 0.15) is 12.1 Å². The number of rotatable bonds is 4. The summed E-state index contributed by atoms with van der Waals surface area (Å²) in [4.78, 5) is 11.5. The van der Waals surface area contributed by atoms with Crippen LogP contribution in [0.5, 0.6) is 5.75 Å². The molecule has 5 heteroatoms. The lowest BCUT2D eigenvalue weighted by atomic mass is 9.89. The Hall–Kier alpha value is -2.43. The van der Waals surface area contributed by atoms with Crippen LogP contribution in [0.1, 0.15) is 35.6 Å². The zero-order chi connectivity index (χ0) is 19.6. The summed E-state index contributed by atoms with van der Waals surface area (Å²) in [7, 11) is 0. The van der Waals surface area contributed by atoms with Crippen LogP contribution in [-0.2, 0) is 13.0 Å². The monoisotopic (exact) mass is 405 g/mol. The van der Waals surface area contributed by atoms with Gasteiger partial charge in [-0.1, -0.05) is 41.9 Å². The molecule has 0 bridgehead atoms. The molecule has 0 radical (unpaired) electrons. The highest BCUT2D eigenvalue weighted by Crippen LogP contribution is 2.36. The Morgan fingerprint density at radius 1 is 1.14 bits per heavy atom. The number of halogens is 1. The van der Waals surface area contributed by atoms with Crippen LogP contribution in [-0.4, -0.2) is 34.6 Å². The summed E-state index contributed by atoms with van der Waals surface area (Å²) < 4.78 is 5.64. The van der Waals surface area contributed by atoms with E-state index in [2.05, 4.69) is 34.1 Å². The number of hydrogen-bond donors (Lipinski definition) is 0. The normalized spacial score (nSPS) is 19.0. The molecule has 2 aromatic carbocycles. The Balaban J connectivity index is 1.37. The van der Waals surface area contributed by atoms with Crippen LogP contribution in [0.15, 0.2) is 55.0 Å². The molecular formula is C24H24ClN3O. The first kappa shape index (κ1) is 18.6. The lowest BCUT2D eigenvalue weighted by Gasteiger charge is -2.33. The van der Waals surface area contributed by atoms with Gasteiger partial charge in [0.05, 0.1) is 12.3 Å². The Kier molecular flexibility index (Phi) is 5.21. The number of fused-ring (bicyclic) bond motifs is 1. The maximum absolute atomic E-state index is 6.48. The van der Waals surface area contributed by atoms with E-state index in [9.17, 15) is 0 Å². The van der Waals surface area contributed by atoms with Crippen LogP contribution in [0.3, 0.4) is 0 Å². The third kappa shape index (κ3) is 3.87. The first-order chi connectivity index (χ1) is 14.3. The first-order valence-corrected chi connectivity index (χ1v) is 10.7. The highest BCUT2D eigenvalue weighted by atomic mass is 35.5. The Morgan fingerprint density at radius 2 is 2.07 bits per heavy atom. The van der Waals surface area contributed by atoms with E-state index in [1.54, 1.807) is 6.33 Å². The topological polar surface area (TPSA) is 38.2 Å². The molecule has 0 saturated carbocycles. The van der Waals surface area contributed by atoms with Gasteiger partial charge in [0, 0.05) is 47.8 Å². The number of aromatic nitrogens is 2. The molecule has 0 aliphatic carbocycles. The average molecular weight is 406 g/mol. The van der Waals surface area contributed by atoms with Crippen molar-refractivity contribution in [2.24, 2.45) is 0 Å². The molecule has 1 atom stereocenters. The number of likely N-dealkylation sites (tertiary alicyclic amines) is 1. The smallest absolute Gasteiger partial charge is 0.122 e. The molecule has 4 nitrogen and oxygen atoms in total. The number of hydrogen-bond acceptors (Lipinski definition) is 4. The molecule has 5 rings (SSSR count). The first-order valence-electron chi connectivity index (χ1n) is 10.3. The van der Waals surface area contributed by atoms with E-state index in [-0.39, 0.29) is 0 Å². The van der Waals surface area contributed by atoms with Gasteiger partial charge in [-0.2, -0.15) is 0 Å². The molecule has 2 aliphatic rings. The largest absolute Gasteiger partial charge is 0.493 e. The zero-order valence-corrected chi connectivity index (χ0v) is 17.1. The van der Waals surface area contributed by atoms with Gasteiger partial charge in [-0.25, -0.2) is 9.97 Å². The number of benzene rings is 2. The van der Waals surface area contributed by atoms with Crippen molar-refractivity contribution >= 4 is 11.6 Å². The van der Waals surface area contributed by atoms with Gasteiger partial charge < -0.3 is 4.74 Å². The minimum Gasteiger partial charge on any atom is -0.493 e. The summed E-state index contributed by atoms with van der Waals surface area (Å²) in [6.45, 7) is 3.90. The van der Waals surface area contributed by atoms with Crippen molar-refractivity contribution in [2.75, 3.05) is 19.7 Å². The maximum atomic E-state index is 6.48. The third-order valence-corrected chi connectivity index (χ3v) is 6.29. The van der Waals surface area contributed by atoms with Crippen molar-refractivity contribution in [2.45, 2.75) is 31.7 Å². The molecule has 148 valence electrons. The van der Waals surface area contributed by atoms with Crippen molar-refractivity contribution in [1.29, 1.82) is 0 Å². The van der Waals surface area contributed by atoms with E-state index in [0.29, 0.717) is 5.92 Å². The van der Waals surface area contributed by atoms with Gasteiger partial charge in [-0.3, -0.25) is 4.90 Å². The second-order valence-corrected chi connectivity index (χ2v) is 8.32. The van der Waals surface area contributed by atoms with E-state index in [4.69, 9.17) is 21.3 Å².